The Morgan fingerprint density at radius 3 is 2.80 bits per heavy atom. The molecule has 1 unspecified atom stereocenters. The summed E-state index contributed by atoms with van der Waals surface area (Å²) in [6, 6.07) is 0. The van der Waals surface area contributed by atoms with Crippen LogP contribution in [0.5, 0.6) is 0 Å². The predicted molar refractivity (Wildman–Crippen MR) is 35.2 cm³/mol. The molecule has 10 heavy (non-hydrogen) atoms. The second-order valence-corrected chi connectivity index (χ2v) is 2.37. The Balaban J connectivity index is 2.46. The zero-order valence-corrected chi connectivity index (χ0v) is 5.81. The highest BCUT2D eigenvalue weighted by molar-refractivity contribution is 6.03. The van der Waals surface area contributed by atoms with Crippen molar-refractivity contribution in [3.63, 3.8) is 0 Å². The van der Waals surface area contributed by atoms with Crippen LogP contribution in [0.2, 0.25) is 0 Å². The Morgan fingerprint density at radius 2 is 2.40 bits per heavy atom. The molecule has 1 heterocycles. The molecule has 0 aliphatic carbocycles. The third kappa shape index (κ3) is 1.33. The summed E-state index contributed by atoms with van der Waals surface area (Å²) in [6.07, 6.45) is 0.333. The molecular formula is C6H10N2O2. The quantitative estimate of drug-likeness (QED) is 0.479. The fourth-order valence-electron chi connectivity index (χ4n) is 1.02. The molecule has 1 saturated heterocycles. The highest BCUT2D eigenvalue weighted by atomic mass is 16.2. The van der Waals surface area contributed by atoms with E-state index < -0.39 is 0 Å². The van der Waals surface area contributed by atoms with Crippen LogP contribution in [0.3, 0.4) is 0 Å². The SMILES string of the molecule is CNCC1CC(=O)NC1=O. The number of rotatable bonds is 2. The molecule has 1 rings (SSSR count). The average molecular weight is 142 g/mol. The first-order chi connectivity index (χ1) is 4.74. The lowest BCUT2D eigenvalue weighted by Gasteiger charge is -2.01. The van der Waals surface area contributed by atoms with Crippen molar-refractivity contribution in [2.45, 2.75) is 6.42 Å². The molecule has 4 nitrogen and oxygen atoms in total. The molecule has 1 fully saturated rings. The molecule has 1 aliphatic rings. The summed E-state index contributed by atoms with van der Waals surface area (Å²) in [5.41, 5.74) is 0. The molecule has 0 saturated carbocycles. The predicted octanol–water partition coefficient (Wildman–Crippen LogP) is -1.13. The lowest BCUT2D eigenvalue weighted by atomic mass is 10.1. The van der Waals surface area contributed by atoms with E-state index in [0.29, 0.717) is 13.0 Å². The monoisotopic (exact) mass is 142 g/mol. The smallest absolute Gasteiger partial charge is 0.231 e. The van der Waals surface area contributed by atoms with Gasteiger partial charge in [0.15, 0.2) is 0 Å². The van der Waals surface area contributed by atoms with E-state index in [9.17, 15) is 9.59 Å². The van der Waals surface area contributed by atoms with Crippen molar-refractivity contribution in [3.05, 3.63) is 0 Å². The number of hydrogen-bond donors (Lipinski definition) is 2. The van der Waals surface area contributed by atoms with Gasteiger partial charge in [-0.05, 0) is 7.05 Å². The number of nitrogens with one attached hydrogen (secondary N) is 2. The second-order valence-electron chi connectivity index (χ2n) is 2.37. The fourth-order valence-corrected chi connectivity index (χ4v) is 1.02. The molecule has 1 aliphatic heterocycles. The van der Waals surface area contributed by atoms with E-state index in [0.717, 1.165) is 0 Å². The first kappa shape index (κ1) is 7.21. The topological polar surface area (TPSA) is 58.2 Å². The van der Waals surface area contributed by atoms with Crippen molar-refractivity contribution in [3.8, 4) is 0 Å². The maximum absolute atomic E-state index is 10.8. The van der Waals surface area contributed by atoms with Crippen LogP contribution in [-0.4, -0.2) is 25.4 Å². The molecule has 0 bridgehead atoms. The molecule has 0 aromatic heterocycles. The van der Waals surface area contributed by atoms with Gasteiger partial charge in [-0.15, -0.1) is 0 Å². The third-order valence-corrected chi connectivity index (χ3v) is 1.52. The maximum Gasteiger partial charge on any atom is 0.231 e. The van der Waals surface area contributed by atoms with Crippen molar-refractivity contribution in [1.82, 2.24) is 10.6 Å². The van der Waals surface area contributed by atoms with Gasteiger partial charge in [-0.3, -0.25) is 14.9 Å². The van der Waals surface area contributed by atoms with Crippen LogP contribution in [0.1, 0.15) is 6.42 Å². The molecule has 56 valence electrons. The first-order valence-corrected chi connectivity index (χ1v) is 3.22. The standard InChI is InChI=1S/C6H10N2O2/c1-7-3-4-2-5(9)8-6(4)10/h4,7H,2-3H2,1H3,(H,8,9,10). The highest BCUT2D eigenvalue weighted by Gasteiger charge is 2.29. The van der Waals surface area contributed by atoms with Gasteiger partial charge in [0.25, 0.3) is 0 Å². The number of hydrogen-bond acceptors (Lipinski definition) is 3. The van der Waals surface area contributed by atoms with E-state index >= 15 is 0 Å². The van der Waals surface area contributed by atoms with Crippen LogP contribution < -0.4 is 10.6 Å². The van der Waals surface area contributed by atoms with E-state index in [-0.39, 0.29) is 17.7 Å². The van der Waals surface area contributed by atoms with Crippen molar-refractivity contribution >= 4 is 11.8 Å². The summed E-state index contributed by atoms with van der Waals surface area (Å²) in [5.74, 6) is -0.470. The lowest BCUT2D eigenvalue weighted by Crippen LogP contribution is -2.27. The minimum Gasteiger partial charge on any atom is -0.319 e. The van der Waals surface area contributed by atoms with E-state index in [2.05, 4.69) is 10.6 Å². The van der Waals surface area contributed by atoms with E-state index in [1.807, 2.05) is 0 Å². The van der Waals surface area contributed by atoms with Crippen LogP contribution in [0.15, 0.2) is 0 Å². The van der Waals surface area contributed by atoms with Crippen molar-refractivity contribution in [1.29, 1.82) is 0 Å². The molecule has 4 heteroatoms. The summed E-state index contributed by atoms with van der Waals surface area (Å²) in [7, 11) is 1.76. The first-order valence-electron chi connectivity index (χ1n) is 3.22. The number of amides is 2. The van der Waals surface area contributed by atoms with Gasteiger partial charge >= 0.3 is 0 Å². The van der Waals surface area contributed by atoms with E-state index in [1.54, 1.807) is 7.05 Å². The van der Waals surface area contributed by atoms with Gasteiger partial charge in [0.05, 0.1) is 5.92 Å². The van der Waals surface area contributed by atoms with Gasteiger partial charge in [-0.1, -0.05) is 0 Å². The Morgan fingerprint density at radius 1 is 1.70 bits per heavy atom. The van der Waals surface area contributed by atoms with E-state index in [1.165, 1.54) is 0 Å². The molecule has 2 amide bonds. The van der Waals surface area contributed by atoms with Gasteiger partial charge in [0.2, 0.25) is 11.8 Å². The Bertz CT molecular complexity index is 167. The zero-order chi connectivity index (χ0) is 7.56. The van der Waals surface area contributed by atoms with Crippen molar-refractivity contribution < 1.29 is 9.59 Å². The summed E-state index contributed by atoms with van der Waals surface area (Å²) < 4.78 is 0. The van der Waals surface area contributed by atoms with Crippen molar-refractivity contribution in [2.24, 2.45) is 5.92 Å². The number of carbonyl (C=O) groups excluding carboxylic acids is 2. The number of imide groups is 1. The lowest BCUT2D eigenvalue weighted by molar-refractivity contribution is -0.125. The molecule has 0 spiro atoms. The molecule has 0 radical (unpaired) electrons. The van der Waals surface area contributed by atoms with Gasteiger partial charge in [-0.25, -0.2) is 0 Å². The number of carbonyl (C=O) groups is 2. The van der Waals surface area contributed by atoms with E-state index in [4.69, 9.17) is 0 Å². The third-order valence-electron chi connectivity index (χ3n) is 1.52. The highest BCUT2D eigenvalue weighted by Crippen LogP contribution is 2.08. The van der Waals surface area contributed by atoms with Gasteiger partial charge in [0, 0.05) is 13.0 Å². The molecular weight excluding hydrogens is 132 g/mol. The second kappa shape index (κ2) is 2.79. The fraction of sp³-hybridized carbons (Fsp3) is 0.667. The van der Waals surface area contributed by atoms with Crippen LogP contribution >= 0.6 is 0 Å². The van der Waals surface area contributed by atoms with Gasteiger partial charge in [-0.2, -0.15) is 0 Å². The summed E-state index contributed by atoms with van der Waals surface area (Å²) >= 11 is 0. The Labute approximate surface area is 59.0 Å². The van der Waals surface area contributed by atoms with Gasteiger partial charge < -0.3 is 5.32 Å². The normalized spacial score (nSPS) is 25.1. The molecule has 2 N–H and O–H groups in total. The van der Waals surface area contributed by atoms with Crippen LogP contribution in [0, 0.1) is 5.92 Å². The van der Waals surface area contributed by atoms with Crippen LogP contribution in [0.4, 0.5) is 0 Å². The maximum atomic E-state index is 10.8. The van der Waals surface area contributed by atoms with Crippen molar-refractivity contribution in [2.75, 3.05) is 13.6 Å². The summed E-state index contributed by atoms with van der Waals surface area (Å²) in [6.45, 7) is 0.581. The largest absolute Gasteiger partial charge is 0.319 e. The average Bonchev–Trinajstić information content (AvgIpc) is 2.13. The van der Waals surface area contributed by atoms with Crippen LogP contribution in [0.25, 0.3) is 0 Å². The minimum atomic E-state index is -0.162. The minimum absolute atomic E-state index is 0.153. The summed E-state index contributed by atoms with van der Waals surface area (Å²) in [4.78, 5) is 21.4. The zero-order valence-electron chi connectivity index (χ0n) is 5.81. The van der Waals surface area contributed by atoms with Gasteiger partial charge in [0.1, 0.15) is 0 Å². The summed E-state index contributed by atoms with van der Waals surface area (Å²) in [5, 5.41) is 5.08. The molecule has 0 aromatic rings. The van der Waals surface area contributed by atoms with Crippen LogP contribution in [-0.2, 0) is 9.59 Å². The Hall–Kier alpha value is -0.900. The Kier molecular flexibility index (Phi) is 2.01. The molecule has 0 aromatic carbocycles. The molecule has 1 atom stereocenters.